The van der Waals surface area contributed by atoms with Gasteiger partial charge in [-0.2, -0.15) is 8.42 Å². The molecule has 1 aromatic heterocycles. The lowest BCUT2D eigenvalue weighted by Gasteiger charge is -2.02. The lowest BCUT2D eigenvalue weighted by atomic mass is 10.2. The van der Waals surface area contributed by atoms with Crippen LogP contribution < -0.4 is 4.80 Å². The molecule has 2 aromatic carbocycles. The summed E-state index contributed by atoms with van der Waals surface area (Å²) >= 11 is 0.858. The zero-order valence-electron chi connectivity index (χ0n) is 13.0. The molecule has 0 aliphatic rings. The Labute approximate surface area is 147 Å². The molecule has 128 valence electrons. The maximum absolute atomic E-state index is 14.1. The standard InChI is InChI=1S/C17H12F2N2O2S2/c1-3-8-21-16-14(19)9-12(18)10-15(16)24-17(21)20-25(22,23)13-6-4-11(2)5-7-13/h1,4-7,9-10H,8H2,2H3/b20-17-. The summed E-state index contributed by atoms with van der Waals surface area (Å²) in [7, 11) is -4.01. The Kier molecular flexibility index (Phi) is 4.45. The molecule has 0 aliphatic heterocycles. The van der Waals surface area contributed by atoms with Crippen LogP contribution >= 0.6 is 11.3 Å². The number of terminal acetylenes is 1. The highest BCUT2D eigenvalue weighted by Crippen LogP contribution is 2.23. The third kappa shape index (κ3) is 3.34. The van der Waals surface area contributed by atoms with Crippen molar-refractivity contribution in [3.8, 4) is 12.3 Å². The summed E-state index contributed by atoms with van der Waals surface area (Å²) in [4.78, 5) is -0.00695. The maximum Gasteiger partial charge on any atom is 0.285 e. The van der Waals surface area contributed by atoms with Crippen LogP contribution in [0.25, 0.3) is 10.2 Å². The Bertz CT molecular complexity index is 1170. The molecule has 0 radical (unpaired) electrons. The number of hydrogen-bond acceptors (Lipinski definition) is 3. The quantitative estimate of drug-likeness (QED) is 0.657. The van der Waals surface area contributed by atoms with E-state index in [1.807, 2.05) is 6.92 Å². The fraction of sp³-hybridized carbons (Fsp3) is 0.118. The minimum absolute atomic E-state index is 0.00877. The second-order valence-electron chi connectivity index (χ2n) is 5.29. The highest BCUT2D eigenvalue weighted by Gasteiger charge is 2.17. The van der Waals surface area contributed by atoms with E-state index in [2.05, 4.69) is 10.3 Å². The first-order valence-electron chi connectivity index (χ1n) is 7.11. The van der Waals surface area contributed by atoms with E-state index in [1.165, 1.54) is 16.7 Å². The molecule has 0 saturated heterocycles. The summed E-state index contributed by atoms with van der Waals surface area (Å²) in [5.41, 5.74) is 0.933. The number of nitrogens with zero attached hydrogens (tertiary/aromatic N) is 2. The number of sulfonamides is 1. The molecule has 3 rings (SSSR count). The molecule has 0 aliphatic carbocycles. The number of aryl methyl sites for hydroxylation is 1. The first-order chi connectivity index (χ1) is 11.8. The van der Waals surface area contributed by atoms with Gasteiger partial charge in [0.05, 0.1) is 21.7 Å². The molecular formula is C17H12F2N2O2S2. The Morgan fingerprint density at radius 3 is 2.56 bits per heavy atom. The summed E-state index contributed by atoms with van der Waals surface area (Å²) in [5, 5.41) is 0. The van der Waals surface area contributed by atoms with Crippen molar-refractivity contribution in [3.05, 3.63) is 58.4 Å². The fourth-order valence-electron chi connectivity index (χ4n) is 2.30. The SMILES string of the molecule is C#CCn1/c(=N/S(=O)(=O)c2ccc(C)cc2)sc2cc(F)cc(F)c21. The van der Waals surface area contributed by atoms with Gasteiger partial charge in [0.15, 0.2) is 5.82 Å². The van der Waals surface area contributed by atoms with Crippen molar-refractivity contribution in [3.63, 3.8) is 0 Å². The average Bonchev–Trinajstić information content (AvgIpc) is 2.85. The Balaban J connectivity index is 2.29. The van der Waals surface area contributed by atoms with E-state index in [9.17, 15) is 17.2 Å². The number of aromatic nitrogens is 1. The van der Waals surface area contributed by atoms with Gasteiger partial charge in [0.2, 0.25) is 4.80 Å². The molecule has 3 aromatic rings. The van der Waals surface area contributed by atoms with Gasteiger partial charge in [-0.15, -0.1) is 10.8 Å². The minimum atomic E-state index is -4.01. The normalized spacial score (nSPS) is 12.5. The van der Waals surface area contributed by atoms with Crippen molar-refractivity contribution in [1.29, 1.82) is 0 Å². The first-order valence-corrected chi connectivity index (χ1v) is 9.37. The fourth-order valence-corrected chi connectivity index (χ4v) is 4.57. The van der Waals surface area contributed by atoms with Crippen LogP contribution in [-0.4, -0.2) is 13.0 Å². The number of rotatable bonds is 3. The van der Waals surface area contributed by atoms with Crippen LogP contribution in [0.15, 0.2) is 45.7 Å². The van der Waals surface area contributed by atoms with Gasteiger partial charge in [0.1, 0.15) is 5.82 Å². The Hall–Kier alpha value is -2.50. The van der Waals surface area contributed by atoms with E-state index in [0.29, 0.717) is 0 Å². The van der Waals surface area contributed by atoms with Crippen molar-refractivity contribution in [2.75, 3.05) is 0 Å². The highest BCUT2D eigenvalue weighted by molar-refractivity contribution is 7.90. The number of fused-ring (bicyclic) bond motifs is 1. The minimum Gasteiger partial charge on any atom is -0.302 e. The van der Waals surface area contributed by atoms with E-state index in [4.69, 9.17) is 6.42 Å². The molecule has 0 saturated carbocycles. The summed E-state index contributed by atoms with van der Waals surface area (Å²) in [6.07, 6.45) is 5.30. The lowest BCUT2D eigenvalue weighted by molar-refractivity contribution is 0.585. The molecule has 0 spiro atoms. The van der Waals surface area contributed by atoms with Crippen LogP contribution in [0.5, 0.6) is 0 Å². The molecule has 0 amide bonds. The van der Waals surface area contributed by atoms with Crippen molar-refractivity contribution < 1.29 is 17.2 Å². The summed E-state index contributed by atoms with van der Waals surface area (Å²) in [5.74, 6) is 0.751. The largest absolute Gasteiger partial charge is 0.302 e. The molecule has 0 bridgehead atoms. The van der Waals surface area contributed by atoms with E-state index in [1.54, 1.807) is 12.1 Å². The van der Waals surface area contributed by atoms with Crippen LogP contribution in [0.4, 0.5) is 8.78 Å². The van der Waals surface area contributed by atoms with Crippen molar-refractivity contribution in [1.82, 2.24) is 4.57 Å². The molecule has 0 unspecified atom stereocenters. The van der Waals surface area contributed by atoms with Gasteiger partial charge < -0.3 is 4.57 Å². The molecule has 0 atom stereocenters. The summed E-state index contributed by atoms with van der Waals surface area (Å²) in [6.45, 7) is 1.74. The van der Waals surface area contributed by atoms with Crippen molar-refractivity contribution >= 4 is 31.6 Å². The van der Waals surface area contributed by atoms with Gasteiger partial charge >= 0.3 is 0 Å². The molecule has 25 heavy (non-hydrogen) atoms. The smallest absolute Gasteiger partial charge is 0.285 e. The molecule has 8 heteroatoms. The second kappa shape index (κ2) is 6.43. The van der Waals surface area contributed by atoms with Crippen molar-refractivity contribution in [2.45, 2.75) is 18.4 Å². The van der Waals surface area contributed by atoms with Gasteiger partial charge in [-0.05, 0) is 25.1 Å². The number of thiazole rings is 1. The number of benzene rings is 2. The highest BCUT2D eigenvalue weighted by atomic mass is 32.2. The maximum atomic E-state index is 14.1. The van der Waals surface area contributed by atoms with Crippen LogP contribution in [0.2, 0.25) is 0 Å². The van der Waals surface area contributed by atoms with Gasteiger partial charge in [0, 0.05) is 6.07 Å². The van der Waals surface area contributed by atoms with Gasteiger partial charge in [0.25, 0.3) is 10.0 Å². The van der Waals surface area contributed by atoms with E-state index in [-0.39, 0.29) is 26.5 Å². The Morgan fingerprint density at radius 2 is 1.92 bits per heavy atom. The van der Waals surface area contributed by atoms with Crippen LogP contribution in [0.1, 0.15) is 5.56 Å². The molecule has 1 heterocycles. The third-order valence-corrected chi connectivity index (χ3v) is 5.88. The summed E-state index contributed by atoms with van der Waals surface area (Å²) < 4.78 is 57.8. The predicted molar refractivity (Wildman–Crippen MR) is 92.5 cm³/mol. The summed E-state index contributed by atoms with van der Waals surface area (Å²) in [6, 6.07) is 8.02. The van der Waals surface area contributed by atoms with E-state index >= 15 is 0 Å². The van der Waals surface area contributed by atoms with Crippen LogP contribution in [0, 0.1) is 30.9 Å². The van der Waals surface area contributed by atoms with E-state index in [0.717, 1.165) is 29.0 Å². The molecular weight excluding hydrogens is 366 g/mol. The zero-order valence-corrected chi connectivity index (χ0v) is 14.7. The van der Waals surface area contributed by atoms with E-state index < -0.39 is 21.7 Å². The third-order valence-electron chi connectivity index (χ3n) is 3.46. The van der Waals surface area contributed by atoms with Crippen LogP contribution in [-0.2, 0) is 16.6 Å². The van der Waals surface area contributed by atoms with Gasteiger partial charge in [-0.1, -0.05) is 35.0 Å². The van der Waals surface area contributed by atoms with Crippen molar-refractivity contribution in [2.24, 2.45) is 4.40 Å². The topological polar surface area (TPSA) is 51.4 Å². The molecule has 0 N–H and O–H groups in total. The number of halogens is 2. The predicted octanol–water partition coefficient (Wildman–Crippen LogP) is 3.21. The average molecular weight is 378 g/mol. The number of hydrogen-bond donors (Lipinski definition) is 0. The first kappa shape index (κ1) is 17.3. The molecule has 0 fully saturated rings. The lowest BCUT2D eigenvalue weighted by Crippen LogP contribution is -2.17. The van der Waals surface area contributed by atoms with Gasteiger partial charge in [-0.3, -0.25) is 0 Å². The van der Waals surface area contributed by atoms with Gasteiger partial charge in [-0.25, -0.2) is 8.78 Å². The zero-order chi connectivity index (χ0) is 18.2. The monoisotopic (exact) mass is 378 g/mol. The van der Waals surface area contributed by atoms with Crippen LogP contribution in [0.3, 0.4) is 0 Å². The second-order valence-corrected chi connectivity index (χ2v) is 7.90. The Morgan fingerprint density at radius 1 is 1.24 bits per heavy atom. The molecule has 4 nitrogen and oxygen atoms in total.